The third-order valence-corrected chi connectivity index (χ3v) is 8.22. The molecule has 0 aromatic heterocycles. The third-order valence-electron chi connectivity index (χ3n) is 6.08. The Kier molecular flexibility index (Phi) is 11.1. The number of sulfonamides is 1. The summed E-state index contributed by atoms with van der Waals surface area (Å²) in [5.41, 5.74) is 1.14. The number of carbonyl (C=O) groups is 2. The zero-order valence-corrected chi connectivity index (χ0v) is 23.9. The van der Waals surface area contributed by atoms with Crippen molar-refractivity contribution in [1.82, 2.24) is 9.62 Å². The summed E-state index contributed by atoms with van der Waals surface area (Å²) < 4.78 is 39.2. The van der Waals surface area contributed by atoms with Crippen molar-refractivity contribution in [3.63, 3.8) is 0 Å². The van der Waals surface area contributed by atoms with E-state index in [-0.39, 0.29) is 53.0 Å². The number of aliphatic hydroxyl groups excluding tert-OH is 1. The fourth-order valence-electron chi connectivity index (χ4n) is 4.20. The van der Waals surface area contributed by atoms with Crippen molar-refractivity contribution in [3.05, 3.63) is 59.1 Å². The summed E-state index contributed by atoms with van der Waals surface area (Å²) >= 11 is 6.25. The number of halogens is 1. The lowest BCUT2D eigenvalue weighted by molar-refractivity contribution is -0.114. The topological polar surface area (TPSA) is 134 Å². The number of alkyl carbamates (subject to hydrolysis) is 1. The van der Waals surface area contributed by atoms with E-state index in [4.69, 9.17) is 21.1 Å². The van der Waals surface area contributed by atoms with Crippen LogP contribution in [0.4, 0.5) is 10.5 Å². The molecule has 2 aromatic carbocycles. The maximum absolute atomic E-state index is 13.7. The molecule has 0 spiro atoms. The minimum atomic E-state index is -4.10. The molecule has 0 bridgehead atoms. The van der Waals surface area contributed by atoms with E-state index in [9.17, 15) is 23.1 Å². The van der Waals surface area contributed by atoms with E-state index in [0.717, 1.165) is 5.56 Å². The molecule has 3 unspecified atom stereocenters. The molecule has 1 aliphatic rings. The predicted octanol–water partition coefficient (Wildman–Crippen LogP) is 3.43. The lowest BCUT2D eigenvalue weighted by Crippen LogP contribution is -2.51. The number of benzene rings is 2. The Labute approximate surface area is 234 Å². The van der Waals surface area contributed by atoms with Crippen molar-refractivity contribution in [2.24, 2.45) is 5.92 Å². The van der Waals surface area contributed by atoms with E-state index < -0.39 is 28.3 Å². The van der Waals surface area contributed by atoms with Gasteiger partial charge in [0.25, 0.3) is 0 Å². The largest absolute Gasteiger partial charge is 0.444 e. The molecule has 1 aliphatic heterocycles. The summed E-state index contributed by atoms with van der Waals surface area (Å²) in [6, 6.07) is 12.5. The predicted molar refractivity (Wildman–Crippen MR) is 148 cm³/mol. The molecule has 1 heterocycles. The molecule has 214 valence electrons. The Bertz CT molecular complexity index is 1220. The first kappa shape index (κ1) is 30.8. The van der Waals surface area contributed by atoms with Crippen molar-refractivity contribution < 1.29 is 32.6 Å². The van der Waals surface area contributed by atoms with Crippen molar-refractivity contribution >= 4 is 39.3 Å². The molecular formula is C27H36ClN3O7S. The zero-order valence-electron chi connectivity index (χ0n) is 22.3. The molecule has 12 heteroatoms. The Morgan fingerprint density at radius 3 is 2.49 bits per heavy atom. The molecule has 2 amide bonds. The van der Waals surface area contributed by atoms with Crippen LogP contribution in [-0.4, -0.2) is 74.4 Å². The van der Waals surface area contributed by atoms with E-state index in [1.54, 1.807) is 0 Å². The number of nitrogens with zero attached hydrogens (tertiary/aromatic N) is 1. The van der Waals surface area contributed by atoms with E-state index in [1.165, 1.54) is 29.4 Å². The van der Waals surface area contributed by atoms with Gasteiger partial charge in [0.1, 0.15) is 6.10 Å². The maximum Gasteiger partial charge on any atom is 0.407 e. The van der Waals surface area contributed by atoms with Gasteiger partial charge in [-0.15, -0.1) is 0 Å². The van der Waals surface area contributed by atoms with Crippen LogP contribution in [0, 0.1) is 5.92 Å². The minimum Gasteiger partial charge on any atom is -0.444 e. The van der Waals surface area contributed by atoms with Crippen LogP contribution >= 0.6 is 11.6 Å². The van der Waals surface area contributed by atoms with E-state index in [1.807, 2.05) is 44.2 Å². The molecule has 3 N–H and O–H groups in total. The first-order chi connectivity index (χ1) is 18.5. The summed E-state index contributed by atoms with van der Waals surface area (Å²) in [4.78, 5) is 24.0. The van der Waals surface area contributed by atoms with Gasteiger partial charge in [0.05, 0.1) is 41.0 Å². The molecule has 0 radical (unpaired) electrons. The highest BCUT2D eigenvalue weighted by Crippen LogP contribution is 2.28. The molecule has 10 nitrogen and oxygen atoms in total. The Hall–Kier alpha value is -2.70. The fraction of sp³-hybridized carbons (Fsp3) is 0.481. The van der Waals surface area contributed by atoms with Crippen LogP contribution in [0.5, 0.6) is 0 Å². The first-order valence-electron chi connectivity index (χ1n) is 12.8. The molecule has 2 aromatic rings. The monoisotopic (exact) mass is 581 g/mol. The lowest BCUT2D eigenvalue weighted by Gasteiger charge is -2.31. The SMILES string of the molecule is CC(=O)Nc1ccc(S(=O)(=O)N(CC(C)C)CC(O)C(Cc2ccccc2)NC(=O)OC2CCOC2)cc1Cl. The van der Waals surface area contributed by atoms with Gasteiger partial charge in [0.15, 0.2) is 0 Å². The highest BCUT2D eigenvalue weighted by atomic mass is 35.5. The number of amides is 2. The van der Waals surface area contributed by atoms with Gasteiger partial charge < -0.3 is 25.2 Å². The summed E-state index contributed by atoms with van der Waals surface area (Å²) in [5.74, 6) is -0.401. The van der Waals surface area contributed by atoms with Crippen LogP contribution in [0.15, 0.2) is 53.4 Å². The Balaban J connectivity index is 1.83. The molecule has 0 saturated carbocycles. The highest BCUT2D eigenvalue weighted by Gasteiger charge is 2.32. The Morgan fingerprint density at radius 1 is 1.18 bits per heavy atom. The number of anilines is 1. The van der Waals surface area contributed by atoms with Crippen molar-refractivity contribution in [1.29, 1.82) is 0 Å². The number of hydrogen-bond donors (Lipinski definition) is 3. The van der Waals surface area contributed by atoms with Gasteiger partial charge in [0.2, 0.25) is 15.9 Å². The third kappa shape index (κ3) is 9.18. The average molecular weight is 582 g/mol. The van der Waals surface area contributed by atoms with Crippen LogP contribution in [-0.2, 0) is 30.7 Å². The number of rotatable bonds is 12. The number of carbonyl (C=O) groups excluding carboxylic acids is 2. The van der Waals surface area contributed by atoms with Crippen LogP contribution < -0.4 is 10.6 Å². The zero-order chi connectivity index (χ0) is 28.6. The van der Waals surface area contributed by atoms with Gasteiger partial charge in [-0.3, -0.25) is 4.79 Å². The van der Waals surface area contributed by atoms with Gasteiger partial charge in [-0.2, -0.15) is 4.31 Å². The van der Waals surface area contributed by atoms with Crippen LogP contribution in [0.1, 0.15) is 32.8 Å². The summed E-state index contributed by atoms with van der Waals surface area (Å²) in [7, 11) is -4.10. The van der Waals surface area contributed by atoms with Gasteiger partial charge in [-0.25, -0.2) is 13.2 Å². The second-order valence-corrected chi connectivity index (χ2v) is 12.3. The van der Waals surface area contributed by atoms with E-state index >= 15 is 0 Å². The Morgan fingerprint density at radius 2 is 1.90 bits per heavy atom. The van der Waals surface area contributed by atoms with Crippen LogP contribution in [0.3, 0.4) is 0 Å². The van der Waals surface area contributed by atoms with Crippen molar-refractivity contribution in [2.45, 2.75) is 56.8 Å². The van der Waals surface area contributed by atoms with Gasteiger partial charge in [-0.1, -0.05) is 55.8 Å². The summed E-state index contributed by atoms with van der Waals surface area (Å²) in [6.45, 7) is 5.70. The average Bonchev–Trinajstić information content (AvgIpc) is 3.37. The number of hydrogen-bond acceptors (Lipinski definition) is 7. The lowest BCUT2D eigenvalue weighted by atomic mass is 10.0. The van der Waals surface area contributed by atoms with E-state index in [2.05, 4.69) is 10.6 Å². The normalized spacial score (nSPS) is 17.2. The van der Waals surface area contributed by atoms with Gasteiger partial charge >= 0.3 is 6.09 Å². The van der Waals surface area contributed by atoms with Crippen LogP contribution in [0.25, 0.3) is 0 Å². The molecule has 39 heavy (non-hydrogen) atoms. The standard InChI is InChI=1S/C27H36ClN3O7S/c1-18(2)15-31(39(35,36)22-9-10-24(23(28)14-22)29-19(3)32)16-26(33)25(13-20-7-5-4-6-8-20)30-27(34)38-21-11-12-37-17-21/h4-10,14,18,21,25-26,33H,11-13,15-17H2,1-3H3,(H,29,32)(H,30,34). The number of aliphatic hydroxyl groups is 1. The smallest absolute Gasteiger partial charge is 0.407 e. The summed E-state index contributed by atoms with van der Waals surface area (Å²) in [6.07, 6.45) is -1.50. The van der Waals surface area contributed by atoms with Crippen molar-refractivity contribution in [2.75, 3.05) is 31.6 Å². The highest BCUT2D eigenvalue weighted by molar-refractivity contribution is 7.89. The fourth-order valence-corrected chi connectivity index (χ4v) is 6.15. The number of ether oxygens (including phenoxy) is 2. The minimum absolute atomic E-state index is 0.0611. The molecule has 1 fully saturated rings. The quantitative estimate of drug-likeness (QED) is 0.349. The van der Waals surface area contributed by atoms with Gasteiger partial charge in [-0.05, 0) is 36.1 Å². The molecule has 3 rings (SSSR count). The molecule has 1 saturated heterocycles. The second kappa shape index (κ2) is 14.1. The summed E-state index contributed by atoms with van der Waals surface area (Å²) in [5, 5.41) is 16.6. The van der Waals surface area contributed by atoms with Crippen LogP contribution in [0.2, 0.25) is 5.02 Å². The molecular weight excluding hydrogens is 546 g/mol. The van der Waals surface area contributed by atoms with Crippen molar-refractivity contribution in [3.8, 4) is 0 Å². The number of nitrogens with one attached hydrogen (secondary N) is 2. The maximum atomic E-state index is 13.7. The first-order valence-corrected chi connectivity index (χ1v) is 14.6. The van der Waals surface area contributed by atoms with Gasteiger partial charge in [0, 0.05) is 26.4 Å². The molecule has 0 aliphatic carbocycles. The van der Waals surface area contributed by atoms with E-state index in [0.29, 0.717) is 19.6 Å². The second-order valence-electron chi connectivity index (χ2n) is 9.94. The molecule has 3 atom stereocenters.